The molecule has 0 aromatic carbocycles. The van der Waals surface area contributed by atoms with E-state index in [9.17, 15) is 0 Å². The summed E-state index contributed by atoms with van der Waals surface area (Å²) in [5, 5.41) is 3.14. The molecule has 0 heterocycles. The summed E-state index contributed by atoms with van der Waals surface area (Å²) < 4.78 is 0. The zero-order chi connectivity index (χ0) is 11.3. The van der Waals surface area contributed by atoms with E-state index in [2.05, 4.69) is 31.1 Å². The Morgan fingerprint density at radius 2 is 2.00 bits per heavy atom. The lowest BCUT2D eigenvalue weighted by Gasteiger charge is -2.25. The second-order valence-electron chi connectivity index (χ2n) is 5.06. The van der Waals surface area contributed by atoms with Crippen molar-refractivity contribution in [2.24, 2.45) is 16.1 Å². The molecule has 0 spiro atoms. The Hall–Kier alpha value is -0.730. The van der Waals surface area contributed by atoms with Gasteiger partial charge in [-0.1, -0.05) is 19.8 Å². The molecule has 0 saturated heterocycles. The third-order valence-electron chi connectivity index (χ3n) is 3.44. The predicted molar refractivity (Wildman–Crippen MR) is 66.0 cm³/mol. The van der Waals surface area contributed by atoms with Crippen molar-refractivity contribution in [2.75, 3.05) is 6.54 Å². The first-order chi connectivity index (χ1) is 7.08. The van der Waals surface area contributed by atoms with E-state index in [0.29, 0.717) is 17.4 Å². The summed E-state index contributed by atoms with van der Waals surface area (Å²) in [6, 6.07) is 0.370. The molecule has 1 rings (SSSR count). The molecule has 0 bridgehead atoms. The van der Waals surface area contributed by atoms with Crippen LogP contribution in [0.5, 0.6) is 0 Å². The highest BCUT2D eigenvalue weighted by Gasteiger charge is 2.31. The lowest BCUT2D eigenvalue weighted by molar-refractivity contribution is 0.297. The molecule has 0 atom stereocenters. The number of nitrogens with one attached hydrogen (secondary N) is 1. The number of rotatable bonds is 4. The average Bonchev–Trinajstić information content (AvgIpc) is 2.63. The largest absolute Gasteiger partial charge is 0.370 e. The SMILES string of the molecule is CCC1(CN=C(N)NC(C)C)CCCC1. The van der Waals surface area contributed by atoms with E-state index in [1.807, 2.05) is 0 Å². The molecule has 3 nitrogen and oxygen atoms in total. The fourth-order valence-corrected chi connectivity index (χ4v) is 2.34. The summed E-state index contributed by atoms with van der Waals surface area (Å²) in [7, 11) is 0. The van der Waals surface area contributed by atoms with Crippen LogP contribution >= 0.6 is 0 Å². The quantitative estimate of drug-likeness (QED) is 0.553. The van der Waals surface area contributed by atoms with Gasteiger partial charge >= 0.3 is 0 Å². The van der Waals surface area contributed by atoms with E-state index in [0.717, 1.165) is 6.54 Å². The number of guanidine groups is 1. The molecule has 0 radical (unpaired) electrons. The van der Waals surface area contributed by atoms with Gasteiger partial charge in [0.05, 0.1) is 0 Å². The molecule has 1 fully saturated rings. The Labute approximate surface area is 93.5 Å². The first-order valence-electron chi connectivity index (χ1n) is 6.14. The minimum atomic E-state index is 0.370. The van der Waals surface area contributed by atoms with Crippen molar-refractivity contribution in [3.05, 3.63) is 0 Å². The second kappa shape index (κ2) is 5.38. The molecule has 15 heavy (non-hydrogen) atoms. The molecule has 0 aromatic heterocycles. The highest BCUT2D eigenvalue weighted by Crippen LogP contribution is 2.40. The van der Waals surface area contributed by atoms with Crippen molar-refractivity contribution >= 4 is 5.96 Å². The highest BCUT2D eigenvalue weighted by molar-refractivity contribution is 5.78. The lowest BCUT2D eigenvalue weighted by atomic mass is 9.84. The van der Waals surface area contributed by atoms with Crippen molar-refractivity contribution in [3.63, 3.8) is 0 Å². The fraction of sp³-hybridized carbons (Fsp3) is 0.917. The summed E-state index contributed by atoms with van der Waals surface area (Å²) in [5.74, 6) is 0.602. The van der Waals surface area contributed by atoms with Crippen LogP contribution in [0.25, 0.3) is 0 Å². The molecule has 88 valence electrons. The van der Waals surface area contributed by atoms with Gasteiger partial charge in [0.1, 0.15) is 0 Å². The van der Waals surface area contributed by atoms with Crippen molar-refractivity contribution in [3.8, 4) is 0 Å². The maximum atomic E-state index is 5.81. The standard InChI is InChI=1S/C12H25N3/c1-4-12(7-5-6-8-12)9-14-11(13)15-10(2)3/h10H,4-9H2,1-3H3,(H3,13,14,15). The first kappa shape index (κ1) is 12.3. The third kappa shape index (κ3) is 3.73. The van der Waals surface area contributed by atoms with Crippen molar-refractivity contribution in [1.29, 1.82) is 0 Å². The van der Waals surface area contributed by atoms with Crippen LogP contribution in [0, 0.1) is 5.41 Å². The Morgan fingerprint density at radius 1 is 1.40 bits per heavy atom. The molecule has 1 aliphatic rings. The minimum Gasteiger partial charge on any atom is -0.370 e. The zero-order valence-corrected chi connectivity index (χ0v) is 10.3. The van der Waals surface area contributed by atoms with Crippen molar-refractivity contribution in [2.45, 2.75) is 58.9 Å². The maximum Gasteiger partial charge on any atom is 0.188 e. The zero-order valence-electron chi connectivity index (χ0n) is 10.3. The van der Waals surface area contributed by atoms with Crippen LogP contribution in [0.15, 0.2) is 4.99 Å². The van der Waals surface area contributed by atoms with E-state index >= 15 is 0 Å². The lowest BCUT2D eigenvalue weighted by Crippen LogP contribution is -2.37. The number of aliphatic imine (C=N–C) groups is 1. The van der Waals surface area contributed by atoms with Crippen molar-refractivity contribution in [1.82, 2.24) is 5.32 Å². The van der Waals surface area contributed by atoms with Crippen LogP contribution < -0.4 is 11.1 Å². The van der Waals surface area contributed by atoms with Gasteiger partial charge in [-0.2, -0.15) is 0 Å². The molecule has 0 unspecified atom stereocenters. The van der Waals surface area contributed by atoms with E-state index in [1.165, 1.54) is 32.1 Å². The first-order valence-corrected chi connectivity index (χ1v) is 6.14. The Kier molecular flexibility index (Phi) is 4.43. The molecule has 1 saturated carbocycles. The highest BCUT2D eigenvalue weighted by atomic mass is 15.1. The van der Waals surface area contributed by atoms with E-state index in [-0.39, 0.29) is 0 Å². The number of nitrogens with zero attached hydrogens (tertiary/aromatic N) is 1. The predicted octanol–water partition coefficient (Wildman–Crippen LogP) is 2.27. The monoisotopic (exact) mass is 211 g/mol. The molecule has 0 amide bonds. The number of hydrogen-bond acceptors (Lipinski definition) is 1. The van der Waals surface area contributed by atoms with E-state index in [1.54, 1.807) is 0 Å². The summed E-state index contributed by atoms with van der Waals surface area (Å²) in [6.45, 7) is 7.32. The van der Waals surface area contributed by atoms with Crippen LogP contribution in [0.2, 0.25) is 0 Å². The molecule has 1 aliphatic carbocycles. The minimum absolute atomic E-state index is 0.370. The Bertz CT molecular complexity index is 215. The molecule has 0 aliphatic heterocycles. The van der Waals surface area contributed by atoms with Crippen LogP contribution in [-0.4, -0.2) is 18.5 Å². The van der Waals surface area contributed by atoms with Gasteiger partial charge in [0, 0.05) is 12.6 Å². The smallest absolute Gasteiger partial charge is 0.188 e. The summed E-state index contributed by atoms with van der Waals surface area (Å²) in [4.78, 5) is 4.47. The fourth-order valence-electron chi connectivity index (χ4n) is 2.34. The topological polar surface area (TPSA) is 50.4 Å². The average molecular weight is 211 g/mol. The van der Waals surface area contributed by atoms with Gasteiger partial charge in [0.15, 0.2) is 5.96 Å². The Morgan fingerprint density at radius 3 is 2.47 bits per heavy atom. The maximum absolute atomic E-state index is 5.81. The van der Waals surface area contributed by atoms with Crippen molar-refractivity contribution < 1.29 is 0 Å². The van der Waals surface area contributed by atoms with Gasteiger partial charge in [0.25, 0.3) is 0 Å². The number of hydrogen-bond donors (Lipinski definition) is 2. The molecule has 0 aromatic rings. The Balaban J connectivity index is 2.45. The molecule has 3 heteroatoms. The summed E-state index contributed by atoms with van der Waals surface area (Å²) >= 11 is 0. The van der Waals surface area contributed by atoms with Crippen LogP contribution in [0.3, 0.4) is 0 Å². The van der Waals surface area contributed by atoms with Gasteiger partial charge in [-0.15, -0.1) is 0 Å². The van der Waals surface area contributed by atoms with Crippen LogP contribution in [0.1, 0.15) is 52.9 Å². The van der Waals surface area contributed by atoms with Gasteiger partial charge < -0.3 is 11.1 Å². The van der Waals surface area contributed by atoms with Gasteiger partial charge in [0.2, 0.25) is 0 Å². The van der Waals surface area contributed by atoms with Gasteiger partial charge in [-0.05, 0) is 38.5 Å². The second-order valence-corrected chi connectivity index (χ2v) is 5.06. The summed E-state index contributed by atoms with van der Waals surface area (Å²) in [5.41, 5.74) is 6.25. The third-order valence-corrected chi connectivity index (χ3v) is 3.44. The van der Waals surface area contributed by atoms with Crippen LogP contribution in [-0.2, 0) is 0 Å². The van der Waals surface area contributed by atoms with E-state index < -0.39 is 0 Å². The van der Waals surface area contributed by atoms with Gasteiger partial charge in [-0.25, -0.2) is 0 Å². The van der Waals surface area contributed by atoms with Crippen LogP contribution in [0.4, 0.5) is 0 Å². The number of nitrogens with two attached hydrogens (primary N) is 1. The molecular weight excluding hydrogens is 186 g/mol. The molecular formula is C12H25N3. The normalized spacial score (nSPS) is 20.9. The van der Waals surface area contributed by atoms with Gasteiger partial charge in [-0.3, -0.25) is 4.99 Å². The molecule has 3 N–H and O–H groups in total. The summed E-state index contributed by atoms with van der Waals surface area (Å²) in [6.07, 6.45) is 6.59. The van der Waals surface area contributed by atoms with E-state index in [4.69, 9.17) is 5.73 Å².